The Labute approximate surface area is 149 Å². The minimum absolute atomic E-state index is 0.152. The second-order valence-electron chi connectivity index (χ2n) is 6.00. The topological polar surface area (TPSA) is 54.0 Å². The fourth-order valence-corrected chi connectivity index (χ4v) is 2.64. The number of rotatable bonds is 19. The first kappa shape index (κ1) is 23.9. The lowest BCUT2D eigenvalue weighted by atomic mass is 10.1. The van der Waals surface area contributed by atoms with Crippen LogP contribution in [0.15, 0.2) is 0 Å². The molecule has 5 nitrogen and oxygen atoms in total. The summed E-state index contributed by atoms with van der Waals surface area (Å²) in [5, 5.41) is 0. The Bertz CT molecular complexity index is 266. The van der Waals surface area contributed by atoms with Gasteiger partial charge in [0.15, 0.2) is 12.9 Å². The first-order valence-corrected chi connectivity index (χ1v) is 10.8. The van der Waals surface area contributed by atoms with Crippen LogP contribution >= 0.6 is 8.25 Å². The zero-order chi connectivity index (χ0) is 17.9. The number of ether oxygens (including phenoxy) is 2. The summed E-state index contributed by atoms with van der Waals surface area (Å²) in [6.07, 6.45) is 10.7. The first-order valence-electron chi connectivity index (χ1n) is 9.70. The lowest BCUT2D eigenvalue weighted by Crippen LogP contribution is -2.23. The molecule has 0 aliphatic heterocycles. The maximum atomic E-state index is 11.7. The minimum atomic E-state index is -2.09. The van der Waals surface area contributed by atoms with E-state index < -0.39 is 14.5 Å². The second kappa shape index (κ2) is 19.3. The zero-order valence-corrected chi connectivity index (χ0v) is 16.9. The van der Waals surface area contributed by atoms with Crippen molar-refractivity contribution < 1.29 is 23.1 Å². The summed E-state index contributed by atoms with van der Waals surface area (Å²) in [5.41, 5.74) is 0. The molecular formula is C18H38O5P+. The van der Waals surface area contributed by atoms with E-state index in [0.29, 0.717) is 19.8 Å². The highest BCUT2D eigenvalue weighted by molar-refractivity contribution is 7.33. The molecule has 0 saturated carbocycles. The van der Waals surface area contributed by atoms with Gasteiger partial charge in [-0.15, -0.1) is 9.05 Å². The highest BCUT2D eigenvalue weighted by Gasteiger charge is 2.23. The molecule has 1 unspecified atom stereocenters. The predicted octanol–water partition coefficient (Wildman–Crippen LogP) is 6.00. The molecule has 0 rings (SSSR count). The molecule has 6 heteroatoms. The highest BCUT2D eigenvalue weighted by Crippen LogP contribution is 2.25. The van der Waals surface area contributed by atoms with E-state index in [9.17, 15) is 4.57 Å². The molecule has 0 aromatic carbocycles. The normalized spacial score (nSPS) is 12.1. The van der Waals surface area contributed by atoms with Gasteiger partial charge in [0.25, 0.3) is 0 Å². The standard InChI is InChI=1S/C18H38O5P/c1-4-7-10-11-12-13-16-22-24(19)23-17-18(20-14-8-5-2)21-15-9-6-3/h18H,4-17H2,1-3H3/q+1. The Balaban J connectivity index is 3.73. The van der Waals surface area contributed by atoms with E-state index in [2.05, 4.69) is 20.8 Å². The molecular weight excluding hydrogens is 327 g/mol. The van der Waals surface area contributed by atoms with Gasteiger partial charge in [-0.25, -0.2) is 0 Å². The molecule has 0 bridgehead atoms. The van der Waals surface area contributed by atoms with Crippen LogP contribution in [0, 0.1) is 0 Å². The van der Waals surface area contributed by atoms with Crippen molar-refractivity contribution >= 4 is 8.25 Å². The van der Waals surface area contributed by atoms with E-state index in [4.69, 9.17) is 18.5 Å². The van der Waals surface area contributed by atoms with E-state index in [0.717, 1.165) is 38.5 Å². The van der Waals surface area contributed by atoms with Gasteiger partial charge in [-0.05, 0) is 19.3 Å². The maximum absolute atomic E-state index is 11.7. The van der Waals surface area contributed by atoms with Crippen LogP contribution in [0.2, 0.25) is 0 Å². The predicted molar refractivity (Wildman–Crippen MR) is 98.4 cm³/mol. The third kappa shape index (κ3) is 16.8. The molecule has 144 valence electrons. The third-order valence-corrected chi connectivity index (χ3v) is 4.37. The van der Waals surface area contributed by atoms with Crippen LogP contribution in [0.3, 0.4) is 0 Å². The maximum Gasteiger partial charge on any atom is 0.697 e. The Morgan fingerprint density at radius 3 is 1.79 bits per heavy atom. The van der Waals surface area contributed by atoms with E-state index in [1.165, 1.54) is 25.7 Å². The van der Waals surface area contributed by atoms with Crippen molar-refractivity contribution in [1.82, 2.24) is 0 Å². The molecule has 0 aromatic heterocycles. The Kier molecular flexibility index (Phi) is 19.2. The summed E-state index contributed by atoms with van der Waals surface area (Å²) in [6.45, 7) is 8.33. The Morgan fingerprint density at radius 1 is 0.667 bits per heavy atom. The van der Waals surface area contributed by atoms with Gasteiger partial charge in [-0.1, -0.05) is 65.7 Å². The quantitative estimate of drug-likeness (QED) is 0.160. The van der Waals surface area contributed by atoms with Crippen LogP contribution in [-0.2, 0) is 23.1 Å². The molecule has 0 aliphatic rings. The molecule has 0 aromatic rings. The first-order chi connectivity index (χ1) is 11.7. The van der Waals surface area contributed by atoms with Gasteiger partial charge >= 0.3 is 8.25 Å². The summed E-state index contributed by atoms with van der Waals surface area (Å²) in [7, 11) is -2.09. The van der Waals surface area contributed by atoms with Gasteiger partial charge in [-0.2, -0.15) is 0 Å². The van der Waals surface area contributed by atoms with E-state index in [-0.39, 0.29) is 6.61 Å². The smallest absolute Gasteiger partial charge is 0.350 e. The van der Waals surface area contributed by atoms with Crippen LogP contribution in [-0.4, -0.2) is 32.7 Å². The van der Waals surface area contributed by atoms with Crippen molar-refractivity contribution in [3.63, 3.8) is 0 Å². The van der Waals surface area contributed by atoms with Crippen molar-refractivity contribution in [1.29, 1.82) is 0 Å². The monoisotopic (exact) mass is 365 g/mol. The number of hydrogen-bond acceptors (Lipinski definition) is 5. The average Bonchev–Trinajstić information content (AvgIpc) is 2.58. The molecule has 0 spiro atoms. The van der Waals surface area contributed by atoms with Crippen LogP contribution < -0.4 is 0 Å². The van der Waals surface area contributed by atoms with Gasteiger partial charge in [-0.3, -0.25) is 0 Å². The molecule has 0 saturated heterocycles. The van der Waals surface area contributed by atoms with E-state index in [1.807, 2.05) is 0 Å². The van der Waals surface area contributed by atoms with Crippen LogP contribution in [0.1, 0.15) is 85.0 Å². The lowest BCUT2D eigenvalue weighted by molar-refractivity contribution is -0.159. The second-order valence-corrected chi connectivity index (χ2v) is 6.96. The summed E-state index contributed by atoms with van der Waals surface area (Å²) in [5.74, 6) is 0. The van der Waals surface area contributed by atoms with Crippen LogP contribution in [0.5, 0.6) is 0 Å². The van der Waals surface area contributed by atoms with E-state index >= 15 is 0 Å². The number of unbranched alkanes of at least 4 members (excludes halogenated alkanes) is 7. The van der Waals surface area contributed by atoms with Crippen LogP contribution in [0.25, 0.3) is 0 Å². The van der Waals surface area contributed by atoms with Crippen LogP contribution in [0.4, 0.5) is 0 Å². The molecule has 0 aliphatic carbocycles. The Hall–Kier alpha value is -0.0600. The summed E-state index contributed by atoms with van der Waals surface area (Å²) < 4.78 is 33.5. The Morgan fingerprint density at radius 2 is 1.21 bits per heavy atom. The van der Waals surface area contributed by atoms with Crippen molar-refractivity contribution in [2.45, 2.75) is 91.3 Å². The molecule has 24 heavy (non-hydrogen) atoms. The molecule has 0 heterocycles. The molecule has 0 radical (unpaired) electrons. The third-order valence-electron chi connectivity index (χ3n) is 3.61. The van der Waals surface area contributed by atoms with Gasteiger partial charge in [0, 0.05) is 17.8 Å². The van der Waals surface area contributed by atoms with Crippen molar-refractivity contribution in [2.24, 2.45) is 0 Å². The highest BCUT2D eigenvalue weighted by atomic mass is 31.1. The molecule has 0 fully saturated rings. The van der Waals surface area contributed by atoms with Gasteiger partial charge < -0.3 is 9.47 Å². The average molecular weight is 365 g/mol. The lowest BCUT2D eigenvalue weighted by Gasteiger charge is -2.15. The zero-order valence-electron chi connectivity index (χ0n) is 16.0. The largest absolute Gasteiger partial charge is 0.697 e. The molecule has 0 amide bonds. The summed E-state index contributed by atoms with van der Waals surface area (Å²) in [4.78, 5) is 0. The van der Waals surface area contributed by atoms with Crippen molar-refractivity contribution in [2.75, 3.05) is 26.4 Å². The van der Waals surface area contributed by atoms with Crippen molar-refractivity contribution in [3.05, 3.63) is 0 Å². The van der Waals surface area contributed by atoms with Gasteiger partial charge in [0.2, 0.25) is 0 Å². The summed E-state index contributed by atoms with van der Waals surface area (Å²) >= 11 is 0. The fraction of sp³-hybridized carbons (Fsp3) is 1.00. The van der Waals surface area contributed by atoms with Gasteiger partial charge in [0.05, 0.1) is 0 Å². The number of hydrogen-bond donors (Lipinski definition) is 0. The SMILES string of the molecule is CCCCCCCCO[P+](=O)OCC(OCCCC)OCCCC. The molecule has 0 N–H and O–H groups in total. The van der Waals surface area contributed by atoms with E-state index in [1.54, 1.807) is 0 Å². The summed E-state index contributed by atoms with van der Waals surface area (Å²) in [6, 6.07) is 0. The molecule has 1 atom stereocenters. The minimum Gasteiger partial charge on any atom is -0.350 e. The fourth-order valence-electron chi connectivity index (χ4n) is 2.04. The van der Waals surface area contributed by atoms with Crippen molar-refractivity contribution in [3.8, 4) is 0 Å². The van der Waals surface area contributed by atoms with Gasteiger partial charge in [0.1, 0.15) is 6.61 Å².